The van der Waals surface area contributed by atoms with Crippen molar-refractivity contribution in [2.24, 2.45) is 0 Å². The van der Waals surface area contributed by atoms with Crippen LogP contribution >= 0.6 is 17.0 Å². The van der Waals surface area contributed by atoms with Crippen LogP contribution in [0.15, 0.2) is 167 Å². The molecule has 0 atom stereocenters. The van der Waals surface area contributed by atoms with Crippen molar-refractivity contribution in [3.8, 4) is 56.4 Å². The quantitative estimate of drug-likeness (QED) is 0.123. The van der Waals surface area contributed by atoms with E-state index in [-0.39, 0.29) is 5.43 Å². The van der Waals surface area contributed by atoms with Crippen LogP contribution in [0.4, 0.5) is 0 Å². The molecule has 0 saturated carbocycles. The van der Waals surface area contributed by atoms with Gasteiger partial charge in [0.15, 0.2) is 0 Å². The zero-order valence-electron chi connectivity index (χ0n) is 34.4. The number of rotatable bonds is 6. The first-order chi connectivity index (χ1) is 29.1. The molecule has 0 aliphatic carbocycles. The average Bonchev–Trinajstić information content (AvgIpc) is 4.08. The first-order valence-electron chi connectivity index (χ1n) is 19.7. The first-order valence-corrected chi connectivity index (χ1v) is 32.3. The predicted molar refractivity (Wildman–Crippen MR) is 252 cm³/mol. The molecule has 2 aromatic heterocycles. The van der Waals surface area contributed by atoms with Crippen molar-refractivity contribution < 1.29 is 36.3 Å². The van der Waals surface area contributed by atoms with Crippen molar-refractivity contribution in [3.05, 3.63) is 169 Å². The SMILES string of the molecule is COc1cccc(-c2c(C)ccc3[cH-]c(-c4occ5ccccc45)cc23)c1.COc1cccc(-c2c(C)ccc3[cH-]c(-c4occ5ccccc45)cc23)c1.C[Si](C)=[Zr]([Cl])[Cl]. The van der Waals surface area contributed by atoms with Gasteiger partial charge < -0.3 is 18.3 Å². The maximum absolute atomic E-state index is 5.92. The van der Waals surface area contributed by atoms with Gasteiger partial charge in [0, 0.05) is 10.8 Å². The van der Waals surface area contributed by atoms with Crippen LogP contribution in [0.2, 0.25) is 13.1 Å². The fraction of sp³-hybridized carbons (Fsp3) is 0.115. The summed E-state index contributed by atoms with van der Waals surface area (Å²) < 4.78 is 22.7. The van der Waals surface area contributed by atoms with E-state index in [1.165, 1.54) is 54.9 Å². The molecule has 8 aromatic carbocycles. The Morgan fingerprint density at radius 1 is 0.517 bits per heavy atom. The van der Waals surface area contributed by atoms with Crippen LogP contribution in [-0.2, 0) is 18.0 Å². The molecule has 10 rings (SSSR count). The van der Waals surface area contributed by atoms with Gasteiger partial charge in [0.05, 0.1) is 38.3 Å². The van der Waals surface area contributed by atoms with Gasteiger partial charge in [0.2, 0.25) is 0 Å². The molecule has 0 aliphatic rings. The van der Waals surface area contributed by atoms with E-state index in [0.29, 0.717) is 0 Å². The van der Waals surface area contributed by atoms with E-state index < -0.39 is 18.0 Å². The Morgan fingerprint density at radius 3 is 1.33 bits per heavy atom. The fourth-order valence-electron chi connectivity index (χ4n) is 7.80. The van der Waals surface area contributed by atoms with E-state index >= 15 is 0 Å². The third-order valence-corrected chi connectivity index (χ3v) is 30.6. The monoisotopic (exact) mass is 920 g/mol. The van der Waals surface area contributed by atoms with Crippen LogP contribution in [-0.4, -0.2) is 19.7 Å². The second-order valence-corrected chi connectivity index (χ2v) is 38.0. The number of benzene rings is 6. The molecule has 0 spiro atoms. The van der Waals surface area contributed by atoms with Crippen molar-refractivity contribution in [1.29, 1.82) is 0 Å². The number of ether oxygens (including phenoxy) is 2. The van der Waals surface area contributed by atoms with E-state index in [9.17, 15) is 0 Å². The molecular formula is C52H44Cl2O4SiZr-2. The Kier molecular flexibility index (Phi) is 12.7. The average molecular weight is 923 g/mol. The van der Waals surface area contributed by atoms with E-state index in [4.69, 9.17) is 35.3 Å². The van der Waals surface area contributed by atoms with Crippen molar-refractivity contribution >= 4 is 65.5 Å². The molecule has 0 fully saturated rings. The summed E-state index contributed by atoms with van der Waals surface area (Å²) in [6.45, 7) is 8.64. The molecule has 0 saturated heterocycles. The third-order valence-electron chi connectivity index (χ3n) is 10.8. The number of methoxy groups -OCH3 is 2. The molecule has 0 amide bonds. The fourth-order valence-corrected chi connectivity index (χ4v) is 7.80. The molecule has 300 valence electrons. The van der Waals surface area contributed by atoms with Crippen LogP contribution in [0.25, 0.3) is 88.0 Å². The standard InChI is InChI=1S/2C25H19O2.C2H6Si.2ClH.Zr/c2*1-16-10-11-17-12-20(25-22-9-4-3-6-19(22)15-27-25)14-23(17)24(16)18-7-5-8-21(13-18)26-2;1-3-2;;;/h2*3-15H,1-2H3;1-2H3;2*1H;/q2*-1;;;;+2/p-2. The van der Waals surface area contributed by atoms with Gasteiger partial charge in [-0.3, -0.25) is 0 Å². The van der Waals surface area contributed by atoms with Gasteiger partial charge in [-0.2, -0.15) is 0 Å². The van der Waals surface area contributed by atoms with Gasteiger partial charge in [0.1, 0.15) is 11.5 Å². The number of halogens is 2. The second kappa shape index (κ2) is 18.3. The zero-order valence-corrected chi connectivity index (χ0v) is 39.4. The maximum atomic E-state index is 5.92. The summed E-state index contributed by atoms with van der Waals surface area (Å²) in [6, 6.07) is 50.7. The summed E-state index contributed by atoms with van der Waals surface area (Å²) in [5.74, 6) is 3.59. The van der Waals surface area contributed by atoms with Crippen molar-refractivity contribution in [2.75, 3.05) is 14.2 Å². The Hall–Kier alpha value is -5.10. The number of hydrogen-bond donors (Lipinski definition) is 0. The predicted octanol–water partition coefficient (Wildman–Crippen LogP) is 16.1. The first kappa shape index (κ1) is 41.6. The number of fused-ring (bicyclic) bond motifs is 4. The summed E-state index contributed by atoms with van der Waals surface area (Å²) in [5, 5.41) is 9.45. The van der Waals surface area contributed by atoms with Crippen LogP contribution < -0.4 is 9.47 Å². The van der Waals surface area contributed by atoms with Gasteiger partial charge in [-0.1, -0.05) is 107 Å². The topological polar surface area (TPSA) is 44.7 Å². The van der Waals surface area contributed by atoms with Gasteiger partial charge in [-0.25, -0.2) is 0 Å². The van der Waals surface area contributed by atoms with Gasteiger partial charge in [-0.05, 0) is 71.1 Å². The Bertz CT molecular complexity index is 2940. The van der Waals surface area contributed by atoms with Gasteiger partial charge >= 0.3 is 53.5 Å². The molecule has 0 N–H and O–H groups in total. The normalized spacial score (nSPS) is 11.0. The van der Waals surface area contributed by atoms with Crippen LogP contribution in [0.5, 0.6) is 11.5 Å². The van der Waals surface area contributed by atoms with Gasteiger partial charge in [0.25, 0.3) is 0 Å². The van der Waals surface area contributed by atoms with E-state index in [2.05, 4.69) is 136 Å². The number of furan rings is 2. The number of hydrogen-bond acceptors (Lipinski definition) is 4. The van der Waals surface area contributed by atoms with Crippen molar-refractivity contribution in [1.82, 2.24) is 0 Å². The molecule has 10 aromatic rings. The minimum absolute atomic E-state index is 0.224. The van der Waals surface area contributed by atoms with E-state index in [0.717, 1.165) is 55.7 Å². The van der Waals surface area contributed by atoms with Gasteiger partial charge in [-0.15, -0.1) is 57.9 Å². The molecule has 0 bridgehead atoms. The summed E-state index contributed by atoms with van der Waals surface area (Å²) in [4.78, 5) is 0. The van der Waals surface area contributed by atoms with E-state index in [1.807, 2.05) is 48.9 Å². The Balaban J connectivity index is 0.000000147. The van der Waals surface area contributed by atoms with Crippen molar-refractivity contribution in [2.45, 2.75) is 26.9 Å². The second-order valence-electron chi connectivity index (χ2n) is 15.0. The van der Waals surface area contributed by atoms with Crippen molar-refractivity contribution in [3.63, 3.8) is 0 Å². The molecule has 2 heterocycles. The molecular weight excluding hydrogens is 879 g/mol. The Morgan fingerprint density at radius 2 is 0.933 bits per heavy atom. The van der Waals surface area contributed by atoms with Crippen LogP contribution in [0.1, 0.15) is 11.1 Å². The van der Waals surface area contributed by atoms with Crippen LogP contribution in [0, 0.1) is 13.8 Å². The summed E-state index contributed by atoms with van der Waals surface area (Å²) >= 11 is -1.65. The molecule has 60 heavy (non-hydrogen) atoms. The molecule has 0 aliphatic heterocycles. The minimum atomic E-state index is -1.65. The summed E-state index contributed by atoms with van der Waals surface area (Å²) in [6.07, 6.45) is 3.66. The summed E-state index contributed by atoms with van der Waals surface area (Å²) in [5.41, 5.74) is 9.31. The molecule has 0 radical (unpaired) electrons. The van der Waals surface area contributed by atoms with E-state index in [1.54, 1.807) is 14.2 Å². The molecule has 0 unspecified atom stereocenters. The summed E-state index contributed by atoms with van der Waals surface area (Å²) in [7, 11) is 14.6. The molecule has 4 nitrogen and oxygen atoms in total. The number of aryl methyl sites for hydroxylation is 2. The third kappa shape index (κ3) is 8.58. The van der Waals surface area contributed by atoms with Crippen LogP contribution in [0.3, 0.4) is 0 Å². The zero-order chi connectivity index (χ0) is 41.9. The molecule has 8 heteroatoms. The Labute approximate surface area is 365 Å².